The average Bonchev–Trinajstić information content (AvgIpc) is 3.80. The highest BCUT2D eigenvalue weighted by molar-refractivity contribution is 6.45. The van der Waals surface area contributed by atoms with Crippen molar-refractivity contribution < 1.29 is 52.8 Å². The minimum Gasteiger partial charge on any atom is -0.497 e. The Morgan fingerprint density at radius 3 is 2.05 bits per heavy atom. The molecule has 5 rings (SSSR count). The second-order valence-electron chi connectivity index (χ2n) is 16.6. The summed E-state index contributed by atoms with van der Waals surface area (Å²) >= 11 is 0. The van der Waals surface area contributed by atoms with Crippen LogP contribution in [0.3, 0.4) is 0 Å². The van der Waals surface area contributed by atoms with Gasteiger partial charge in [-0.3, -0.25) is 0 Å². The van der Waals surface area contributed by atoms with Crippen LogP contribution in [-0.4, -0.2) is 104 Å². The normalized spacial score (nSPS) is 23.6. The van der Waals surface area contributed by atoms with E-state index >= 15 is 0 Å². The highest BCUT2D eigenvalue weighted by Gasteiger charge is 2.51. The SMILES string of the molecule is COc1ccc(CNC[C@@]2(CCCB3OC(C)(C)C(C)(C)O3)CCN(C(=O)OCc3ccccc3)[C@@H]2C)cc1.C[C@H]1NCC[C@@]1(CN)CCCB(O)O.O=C=O.O=C=O. The van der Waals surface area contributed by atoms with Crippen LogP contribution >= 0.6 is 0 Å². The number of methoxy groups -OCH3 is 1. The first-order chi connectivity index (χ1) is 28.0. The van der Waals surface area contributed by atoms with E-state index in [1.54, 1.807) is 7.11 Å². The molecule has 3 saturated heterocycles. The molecule has 0 bridgehead atoms. The molecule has 0 saturated carbocycles. The van der Waals surface area contributed by atoms with Gasteiger partial charge in [0.05, 0.1) is 18.3 Å². The first-order valence-electron chi connectivity index (χ1n) is 20.4. The molecule has 326 valence electrons. The highest BCUT2D eigenvalue weighted by atomic mass is 16.7. The Labute approximate surface area is 350 Å². The van der Waals surface area contributed by atoms with Crippen molar-refractivity contribution in [2.24, 2.45) is 16.6 Å². The smallest absolute Gasteiger partial charge is 0.457 e. The van der Waals surface area contributed by atoms with Crippen LogP contribution in [0.1, 0.15) is 91.2 Å². The molecule has 0 spiro atoms. The Bertz CT molecular complexity index is 1560. The third-order valence-electron chi connectivity index (χ3n) is 12.6. The molecule has 2 aromatic carbocycles. The van der Waals surface area contributed by atoms with Gasteiger partial charge in [-0.25, -0.2) is 4.79 Å². The summed E-state index contributed by atoms with van der Waals surface area (Å²) < 4.78 is 23.5. The van der Waals surface area contributed by atoms with Gasteiger partial charge in [0.25, 0.3) is 0 Å². The minimum atomic E-state index is -1.17. The second kappa shape index (κ2) is 25.0. The third kappa shape index (κ3) is 15.6. The molecule has 1 amide bonds. The first kappa shape index (κ1) is 51.3. The number of rotatable bonds is 16. The van der Waals surface area contributed by atoms with Crippen molar-refractivity contribution in [1.29, 1.82) is 0 Å². The molecule has 2 aromatic rings. The number of hydrogen-bond donors (Lipinski definition) is 5. The number of carbonyl (C=O) groups is 1. The number of nitrogens with zero attached hydrogens (tertiary/aromatic N) is 1. The molecule has 3 fully saturated rings. The summed E-state index contributed by atoms with van der Waals surface area (Å²) in [5, 5.41) is 24.6. The van der Waals surface area contributed by atoms with Gasteiger partial charge in [0.2, 0.25) is 0 Å². The van der Waals surface area contributed by atoms with Gasteiger partial charge < -0.3 is 50.1 Å². The molecule has 3 aliphatic rings. The molecule has 0 unspecified atom stereocenters. The summed E-state index contributed by atoms with van der Waals surface area (Å²) in [6, 6.07) is 18.5. The summed E-state index contributed by atoms with van der Waals surface area (Å²) in [6.07, 6.45) is 7.31. The van der Waals surface area contributed by atoms with Crippen LogP contribution < -0.4 is 21.1 Å². The van der Waals surface area contributed by atoms with Gasteiger partial charge in [-0.05, 0) is 122 Å². The van der Waals surface area contributed by atoms with E-state index in [-0.39, 0.29) is 60.2 Å². The van der Waals surface area contributed by atoms with Crippen LogP contribution in [0, 0.1) is 10.8 Å². The maximum Gasteiger partial charge on any atom is 0.457 e. The average molecular weight is 825 g/mol. The molecule has 17 heteroatoms. The van der Waals surface area contributed by atoms with Crippen molar-refractivity contribution in [2.45, 2.75) is 129 Å². The Morgan fingerprint density at radius 2 is 1.53 bits per heavy atom. The van der Waals surface area contributed by atoms with Gasteiger partial charge in [-0.15, -0.1) is 0 Å². The Morgan fingerprint density at radius 1 is 0.932 bits per heavy atom. The topological polar surface area (TPSA) is 216 Å². The zero-order valence-corrected chi connectivity index (χ0v) is 36.0. The van der Waals surface area contributed by atoms with E-state index in [1.807, 2.05) is 47.4 Å². The highest BCUT2D eigenvalue weighted by Crippen LogP contribution is 2.43. The van der Waals surface area contributed by atoms with Crippen LogP contribution in [0.4, 0.5) is 4.79 Å². The van der Waals surface area contributed by atoms with Gasteiger partial charge in [0.1, 0.15) is 12.4 Å². The number of amides is 1. The minimum absolute atomic E-state index is 0.0439. The van der Waals surface area contributed by atoms with Gasteiger partial charge in [0, 0.05) is 37.1 Å². The molecule has 3 heterocycles. The van der Waals surface area contributed by atoms with E-state index in [9.17, 15) is 4.79 Å². The summed E-state index contributed by atoms with van der Waals surface area (Å²) in [5.74, 6) is 0.854. The Kier molecular flexibility index (Phi) is 21.7. The molecule has 0 aliphatic carbocycles. The largest absolute Gasteiger partial charge is 0.497 e. The van der Waals surface area contributed by atoms with E-state index in [0.717, 1.165) is 75.8 Å². The molecule has 15 nitrogen and oxygen atoms in total. The zero-order valence-electron chi connectivity index (χ0n) is 36.0. The van der Waals surface area contributed by atoms with Crippen LogP contribution in [0.15, 0.2) is 54.6 Å². The third-order valence-corrected chi connectivity index (χ3v) is 12.6. The van der Waals surface area contributed by atoms with Crippen molar-refractivity contribution in [3.63, 3.8) is 0 Å². The fourth-order valence-corrected chi connectivity index (χ4v) is 8.02. The molecular formula is C42H66B2N4O11. The van der Waals surface area contributed by atoms with Gasteiger partial charge >= 0.3 is 32.6 Å². The van der Waals surface area contributed by atoms with Crippen LogP contribution in [0.2, 0.25) is 12.6 Å². The van der Waals surface area contributed by atoms with Gasteiger partial charge in [-0.2, -0.15) is 19.2 Å². The Balaban J connectivity index is 0.000000497. The predicted molar refractivity (Wildman–Crippen MR) is 222 cm³/mol. The second-order valence-corrected chi connectivity index (χ2v) is 16.6. The quantitative estimate of drug-likeness (QED) is 0.148. The molecule has 3 aliphatic heterocycles. The fraction of sp³-hybridized carbons (Fsp3) is 0.643. The van der Waals surface area contributed by atoms with E-state index in [4.69, 9.17) is 53.7 Å². The number of benzene rings is 2. The van der Waals surface area contributed by atoms with Gasteiger partial charge in [-0.1, -0.05) is 55.3 Å². The predicted octanol–water partition coefficient (Wildman–Crippen LogP) is 4.47. The molecule has 0 aromatic heterocycles. The number of hydrogen-bond acceptors (Lipinski definition) is 14. The number of nitrogens with one attached hydrogen (secondary N) is 2. The van der Waals surface area contributed by atoms with Gasteiger partial charge in [0.15, 0.2) is 0 Å². The first-order valence-corrected chi connectivity index (χ1v) is 20.4. The monoisotopic (exact) mass is 824 g/mol. The summed E-state index contributed by atoms with van der Waals surface area (Å²) in [4.78, 5) is 47.5. The molecule has 0 radical (unpaired) electrons. The lowest BCUT2D eigenvalue weighted by Gasteiger charge is -2.36. The number of likely N-dealkylation sites (tertiary alicyclic amines) is 1. The van der Waals surface area contributed by atoms with E-state index < -0.39 is 7.12 Å². The lowest BCUT2D eigenvalue weighted by Crippen LogP contribution is -2.45. The molecular weight excluding hydrogens is 758 g/mol. The van der Waals surface area contributed by atoms with Crippen molar-refractivity contribution in [2.75, 3.05) is 33.3 Å². The fourth-order valence-electron chi connectivity index (χ4n) is 8.02. The molecule has 4 atom stereocenters. The van der Waals surface area contributed by atoms with E-state index in [1.165, 1.54) is 5.56 Å². The molecule has 6 N–H and O–H groups in total. The lowest BCUT2D eigenvalue weighted by molar-refractivity contribution is -0.193. The summed E-state index contributed by atoms with van der Waals surface area (Å²) in [6.45, 7) is 17.0. The number of carbonyl (C=O) groups excluding carboxylic acids is 5. The van der Waals surface area contributed by atoms with Crippen molar-refractivity contribution in [3.8, 4) is 5.75 Å². The zero-order chi connectivity index (χ0) is 44.1. The summed E-state index contributed by atoms with van der Waals surface area (Å²) in [5.41, 5.74) is 7.47. The van der Waals surface area contributed by atoms with Crippen LogP contribution in [0.5, 0.6) is 5.75 Å². The van der Waals surface area contributed by atoms with Crippen LogP contribution in [-0.2, 0) is 46.4 Å². The van der Waals surface area contributed by atoms with E-state index in [0.29, 0.717) is 25.5 Å². The van der Waals surface area contributed by atoms with Crippen molar-refractivity contribution >= 4 is 32.6 Å². The number of ether oxygens (including phenoxy) is 2. The maximum absolute atomic E-state index is 13.1. The van der Waals surface area contributed by atoms with E-state index in [2.05, 4.69) is 64.3 Å². The molecule has 59 heavy (non-hydrogen) atoms. The number of nitrogens with two attached hydrogens (primary N) is 1. The van der Waals surface area contributed by atoms with Crippen molar-refractivity contribution in [1.82, 2.24) is 15.5 Å². The maximum atomic E-state index is 13.1. The lowest BCUT2D eigenvalue weighted by atomic mass is 9.72. The van der Waals surface area contributed by atoms with Crippen LogP contribution in [0.25, 0.3) is 0 Å². The summed E-state index contributed by atoms with van der Waals surface area (Å²) in [7, 11) is 0.302. The van der Waals surface area contributed by atoms with Crippen molar-refractivity contribution in [3.05, 3.63) is 65.7 Å². The Hall–Kier alpha value is -3.88. The standard InChI is InChI=1S/C31H45BN2O5.C9H21BN2O2.2CO2/c1-24-31(23-33-21-25-13-15-27(36-6)16-14-25,17-10-19-32-38-29(2,3)30(4,5)39-32)18-20-34(24)28(35)37-22-26-11-8-7-9-12-26;1-8-9(7-11,4-6-12-8)3-2-5-10(13)14;2*2-1-3/h7-9,11-16,24,33H,10,17-23H2,1-6H3;8,12-14H,2-7,11H2,1H3;;/t24-,31-;8-,9-;;/m11../s1.